The van der Waals surface area contributed by atoms with Gasteiger partial charge in [-0.1, -0.05) is 35.5 Å². The second kappa shape index (κ2) is 9.36. The molecular weight excluding hydrogens is 355 g/mol. The van der Waals surface area contributed by atoms with E-state index in [1.807, 2.05) is 0 Å². The molecule has 124 valence electrons. The average Bonchev–Trinajstić information content (AvgIpc) is 3.09. The van der Waals surface area contributed by atoms with Crippen LogP contribution in [0.25, 0.3) is 0 Å². The average molecular weight is 388 g/mol. The second-order valence-electron chi connectivity index (χ2n) is 7.02. The fourth-order valence-electron chi connectivity index (χ4n) is 4.73. The Morgan fingerprint density at radius 3 is 1.48 bits per heavy atom. The molecule has 4 rings (SSSR count). The minimum absolute atomic E-state index is 0. The summed E-state index contributed by atoms with van der Waals surface area (Å²) in [5.41, 5.74) is 6.99. The summed E-state index contributed by atoms with van der Waals surface area (Å²) in [4.78, 5) is 0. The number of rotatable bonds is 3. The molecule has 0 radical (unpaired) electrons. The molecule has 23 heavy (non-hydrogen) atoms. The molecule has 0 aliphatic heterocycles. The van der Waals surface area contributed by atoms with Crippen molar-refractivity contribution in [3.05, 3.63) is 61.4 Å². The molecule has 0 heterocycles. The van der Waals surface area contributed by atoms with Gasteiger partial charge in [-0.25, -0.2) is 0 Å². The van der Waals surface area contributed by atoms with E-state index < -0.39 is 0 Å². The van der Waals surface area contributed by atoms with Crippen molar-refractivity contribution in [3.8, 4) is 0 Å². The number of hydrogen-bond donors (Lipinski definition) is 0. The van der Waals surface area contributed by atoms with E-state index in [0.717, 1.165) is 11.8 Å². The molecule has 0 aromatic rings. The van der Waals surface area contributed by atoms with Crippen LogP contribution >= 0.6 is 0 Å². The van der Waals surface area contributed by atoms with Crippen molar-refractivity contribution in [2.24, 2.45) is 11.8 Å². The van der Waals surface area contributed by atoms with Gasteiger partial charge in [-0.05, 0) is 87.2 Å². The Morgan fingerprint density at radius 2 is 1.04 bits per heavy atom. The Balaban J connectivity index is 0.000000882. The Morgan fingerprint density at radius 1 is 0.652 bits per heavy atom. The van der Waals surface area contributed by atoms with Gasteiger partial charge in [0.15, 0.2) is 0 Å². The fourth-order valence-corrected chi connectivity index (χ4v) is 4.73. The van der Waals surface area contributed by atoms with Gasteiger partial charge in [-0.3, -0.25) is 0 Å². The first-order valence-corrected chi connectivity index (χ1v) is 8.72. The number of hydrogen-bond acceptors (Lipinski definition) is 0. The quantitative estimate of drug-likeness (QED) is 0.468. The number of allylic oxidation sites excluding steroid dienone is 8. The molecule has 0 aromatic carbocycles. The third kappa shape index (κ3) is 4.28. The van der Waals surface area contributed by atoms with Gasteiger partial charge in [-0.2, -0.15) is 0 Å². The third-order valence-corrected chi connectivity index (χ3v) is 5.85. The summed E-state index contributed by atoms with van der Waals surface area (Å²) in [5.74, 6) is 1.57. The molecule has 0 N–H and O–H groups in total. The minimum atomic E-state index is 0. The van der Waals surface area contributed by atoms with Gasteiger partial charge < -0.3 is 14.9 Å². The zero-order valence-corrected chi connectivity index (χ0v) is 17.5. The first kappa shape index (κ1) is 20.9. The van der Waals surface area contributed by atoms with Crippen LogP contribution in [0.3, 0.4) is 0 Å². The summed E-state index contributed by atoms with van der Waals surface area (Å²) in [6, 6.07) is 0. The molecule has 0 spiro atoms. The van der Waals surface area contributed by atoms with Gasteiger partial charge in [0.25, 0.3) is 0 Å². The first-order valence-electron chi connectivity index (χ1n) is 8.72. The van der Waals surface area contributed by atoms with Crippen molar-refractivity contribution < 1.29 is 26.2 Å². The zero-order chi connectivity index (χ0) is 13.4. The van der Waals surface area contributed by atoms with Crippen LogP contribution in [0.1, 0.15) is 64.2 Å². The maximum absolute atomic E-state index is 2.50. The van der Waals surface area contributed by atoms with Crippen LogP contribution in [0.15, 0.2) is 46.6 Å². The molecule has 2 atom stereocenters. The smallest absolute Gasteiger partial charge is 0.358 e. The summed E-state index contributed by atoms with van der Waals surface area (Å²) < 4.78 is 0. The molecule has 0 saturated carbocycles. The van der Waals surface area contributed by atoms with Crippen LogP contribution in [0, 0.1) is 26.7 Å². The summed E-state index contributed by atoms with van der Waals surface area (Å²) in [6.45, 7) is 0. The van der Waals surface area contributed by atoms with Crippen molar-refractivity contribution >= 4 is 0 Å². The standard InChI is InChI=1S/C20H26.2CH3.Zr/c1-3-7-19-15(5-1)9-11-17(19)13-14-18-12-10-16-6-2-4-8-20(16)18;;;/h9-12,17-18H,1-8,13-14H2;2*1H3;/q;2*-1;+2/t17-,18?;;;/m1.../s1. The maximum atomic E-state index is 2.50. The van der Waals surface area contributed by atoms with Crippen LogP contribution < -0.4 is 0 Å². The first-order chi connectivity index (χ1) is 9.92. The fraction of sp³-hybridized carbons (Fsp3) is 0.545. The van der Waals surface area contributed by atoms with E-state index in [1.54, 1.807) is 22.3 Å². The van der Waals surface area contributed by atoms with E-state index in [2.05, 4.69) is 24.3 Å². The molecule has 0 nitrogen and oxygen atoms in total. The molecule has 1 heteroatoms. The van der Waals surface area contributed by atoms with E-state index >= 15 is 0 Å². The van der Waals surface area contributed by atoms with Crippen LogP contribution in [0.5, 0.6) is 0 Å². The normalized spacial score (nSPS) is 27.8. The topological polar surface area (TPSA) is 0 Å². The molecule has 0 fully saturated rings. The van der Waals surface area contributed by atoms with Crippen molar-refractivity contribution in [3.63, 3.8) is 0 Å². The van der Waals surface area contributed by atoms with E-state index in [0.29, 0.717) is 0 Å². The van der Waals surface area contributed by atoms with Gasteiger partial charge in [0.1, 0.15) is 0 Å². The van der Waals surface area contributed by atoms with Crippen molar-refractivity contribution in [1.29, 1.82) is 0 Å². The van der Waals surface area contributed by atoms with E-state index in [9.17, 15) is 0 Å². The van der Waals surface area contributed by atoms with Crippen LogP contribution in [0.4, 0.5) is 0 Å². The predicted octanol–water partition coefficient (Wildman–Crippen LogP) is 6.78. The van der Waals surface area contributed by atoms with E-state index in [1.165, 1.54) is 64.2 Å². The van der Waals surface area contributed by atoms with E-state index in [-0.39, 0.29) is 41.1 Å². The van der Waals surface area contributed by atoms with Gasteiger partial charge in [-0.15, -0.1) is 0 Å². The maximum Gasteiger partial charge on any atom is 2.00 e. The second-order valence-corrected chi connectivity index (χ2v) is 7.02. The summed E-state index contributed by atoms with van der Waals surface area (Å²) >= 11 is 0. The molecular formula is C22H32Zr. The zero-order valence-electron chi connectivity index (χ0n) is 15.0. The van der Waals surface area contributed by atoms with Gasteiger partial charge >= 0.3 is 26.2 Å². The van der Waals surface area contributed by atoms with Crippen molar-refractivity contribution in [2.45, 2.75) is 64.2 Å². The molecule has 1 unspecified atom stereocenters. The van der Waals surface area contributed by atoms with Crippen molar-refractivity contribution in [1.82, 2.24) is 0 Å². The van der Waals surface area contributed by atoms with Gasteiger partial charge in [0.2, 0.25) is 0 Å². The van der Waals surface area contributed by atoms with Crippen LogP contribution in [0.2, 0.25) is 0 Å². The Bertz CT molecular complexity index is 470. The molecule has 4 aliphatic rings. The Kier molecular flexibility index (Phi) is 8.50. The molecule has 0 bridgehead atoms. The Hall–Kier alpha value is -0.157. The predicted molar refractivity (Wildman–Crippen MR) is 98.3 cm³/mol. The largest absolute Gasteiger partial charge is 2.00 e. The molecule has 4 aliphatic carbocycles. The summed E-state index contributed by atoms with van der Waals surface area (Å²) in [5, 5.41) is 0. The third-order valence-electron chi connectivity index (χ3n) is 5.85. The minimum Gasteiger partial charge on any atom is -0.358 e. The summed E-state index contributed by atoms with van der Waals surface area (Å²) in [7, 11) is 0. The van der Waals surface area contributed by atoms with Crippen LogP contribution in [-0.4, -0.2) is 0 Å². The molecule has 0 saturated heterocycles. The van der Waals surface area contributed by atoms with E-state index in [4.69, 9.17) is 0 Å². The monoisotopic (exact) mass is 386 g/mol. The molecule has 0 amide bonds. The Labute approximate surface area is 163 Å². The van der Waals surface area contributed by atoms with Crippen LogP contribution in [-0.2, 0) is 26.2 Å². The van der Waals surface area contributed by atoms with Gasteiger partial charge in [0.05, 0.1) is 0 Å². The molecule has 0 aromatic heterocycles. The SMILES string of the molecule is C1=CC(CC[C@H]2C=CC3=C2CCCC3)C2=C1CCCC2.[CH3-].[CH3-].[Zr+2]. The van der Waals surface area contributed by atoms with Crippen molar-refractivity contribution in [2.75, 3.05) is 0 Å². The van der Waals surface area contributed by atoms with Gasteiger partial charge in [0, 0.05) is 0 Å². The summed E-state index contributed by atoms with van der Waals surface area (Å²) in [6.07, 6.45) is 23.8.